The summed E-state index contributed by atoms with van der Waals surface area (Å²) in [7, 11) is 0. The van der Waals surface area contributed by atoms with Gasteiger partial charge in [0.05, 0.1) is 0 Å². The number of benzene rings is 5. The zero-order chi connectivity index (χ0) is 24.7. The molecule has 0 radical (unpaired) electrons. The molecule has 0 atom stereocenters. The molecule has 36 heavy (non-hydrogen) atoms. The third-order valence-electron chi connectivity index (χ3n) is 5.06. The molecule has 0 aromatic heterocycles. The molecule has 0 saturated heterocycles. The van der Waals surface area contributed by atoms with Gasteiger partial charge in [-0.25, -0.2) is 0 Å². The first kappa shape index (κ1) is 27.2. The number of hydrogen-bond donors (Lipinski definition) is 0. The van der Waals surface area contributed by atoms with E-state index in [1.54, 1.807) is 17.8 Å². The predicted octanol–water partition coefficient (Wildman–Crippen LogP) is 1.52. The summed E-state index contributed by atoms with van der Waals surface area (Å²) in [6.45, 7) is 0. The normalized spacial score (nSPS) is 10.9. The van der Waals surface area contributed by atoms with E-state index < -0.39 is 0 Å². The van der Waals surface area contributed by atoms with Gasteiger partial charge in [0.1, 0.15) is 0 Å². The van der Waals surface area contributed by atoms with Crippen LogP contribution in [0.25, 0.3) is 0 Å². The Morgan fingerprint density at radius 1 is 0.306 bits per heavy atom. The van der Waals surface area contributed by atoms with Gasteiger partial charge < -0.3 is 0 Å². The van der Waals surface area contributed by atoms with Crippen LogP contribution in [0.1, 0.15) is 0 Å². The van der Waals surface area contributed by atoms with E-state index in [9.17, 15) is 0 Å². The monoisotopic (exact) mass is 954 g/mol. The third-order valence-corrected chi connectivity index (χ3v) is 21.2. The maximum absolute atomic E-state index is 2.70. The van der Waals surface area contributed by atoms with E-state index in [1.165, 1.54) is 25.0 Å². The van der Waals surface area contributed by atoms with Crippen LogP contribution in [0.4, 0.5) is 0 Å². The SMILES string of the molecule is Ic1c([Se]c2ccccc2)c([Se]c2ccccc2)c(I)c([Se]c2ccccc2)c1[Se]c1ccccc1. The van der Waals surface area contributed by atoms with E-state index >= 15 is 0 Å². The van der Waals surface area contributed by atoms with E-state index in [-0.39, 0.29) is 59.8 Å². The topological polar surface area (TPSA) is 0 Å². The van der Waals surface area contributed by atoms with Crippen LogP contribution in [-0.4, -0.2) is 59.8 Å². The van der Waals surface area contributed by atoms with Crippen LogP contribution in [-0.2, 0) is 0 Å². The Labute approximate surface area is 265 Å². The number of hydrogen-bond acceptors (Lipinski definition) is 0. The zero-order valence-corrected chi connectivity index (χ0v) is 30.1. The quantitative estimate of drug-likeness (QED) is 0.164. The maximum atomic E-state index is 2.70. The molecule has 0 aliphatic rings. The molecule has 0 fully saturated rings. The molecule has 0 amide bonds. The Morgan fingerprint density at radius 3 is 0.694 bits per heavy atom. The minimum absolute atomic E-state index is 0.267. The van der Waals surface area contributed by atoms with E-state index in [0.29, 0.717) is 0 Å². The Hall–Kier alpha value is -0.362. The molecular formula is C30H20I2Se4. The van der Waals surface area contributed by atoms with Crippen LogP contribution in [0.5, 0.6) is 0 Å². The molecule has 0 aliphatic heterocycles. The molecule has 5 aromatic carbocycles. The summed E-state index contributed by atoms with van der Waals surface area (Å²) < 4.78 is 15.1. The van der Waals surface area contributed by atoms with Gasteiger partial charge in [-0.15, -0.1) is 0 Å². The Kier molecular flexibility index (Phi) is 10.3. The molecule has 0 bridgehead atoms. The van der Waals surface area contributed by atoms with E-state index in [1.807, 2.05) is 0 Å². The summed E-state index contributed by atoms with van der Waals surface area (Å²) in [5.41, 5.74) is 0. The van der Waals surface area contributed by atoms with Crippen molar-refractivity contribution in [3.05, 3.63) is 128 Å². The minimum atomic E-state index is 0.267. The van der Waals surface area contributed by atoms with Crippen molar-refractivity contribution in [1.29, 1.82) is 0 Å². The Bertz CT molecular complexity index is 1210. The van der Waals surface area contributed by atoms with Crippen LogP contribution < -0.4 is 35.7 Å². The van der Waals surface area contributed by atoms with Crippen LogP contribution >= 0.6 is 45.2 Å². The standard InChI is InChI=1S/C30H20I2Se4/c31-25-27(33-21-13-5-1-6-14-21)28(34-22-15-7-2-8-16-22)26(32)30(36-24-19-11-4-12-20-24)29(25)35-23-17-9-3-10-18-23/h1-20H. The van der Waals surface area contributed by atoms with Crippen molar-refractivity contribution in [2.24, 2.45) is 0 Å². The average Bonchev–Trinajstić information content (AvgIpc) is 2.93. The summed E-state index contributed by atoms with van der Waals surface area (Å²) >= 11 is 6.46. The van der Waals surface area contributed by atoms with Crippen LogP contribution in [0.2, 0.25) is 0 Å². The van der Waals surface area contributed by atoms with Crippen molar-refractivity contribution in [2.45, 2.75) is 0 Å². The molecule has 0 heterocycles. The van der Waals surface area contributed by atoms with E-state index in [2.05, 4.69) is 167 Å². The number of rotatable bonds is 8. The molecular weight excluding hydrogens is 930 g/mol. The summed E-state index contributed by atoms with van der Waals surface area (Å²) in [6, 6.07) is 44.3. The van der Waals surface area contributed by atoms with Crippen molar-refractivity contribution >= 4 is 141 Å². The van der Waals surface area contributed by atoms with Gasteiger partial charge in [-0.2, -0.15) is 0 Å². The first-order valence-electron chi connectivity index (χ1n) is 11.2. The van der Waals surface area contributed by atoms with Crippen molar-refractivity contribution in [1.82, 2.24) is 0 Å². The van der Waals surface area contributed by atoms with Gasteiger partial charge >= 0.3 is 269 Å². The summed E-state index contributed by atoms with van der Waals surface area (Å²) in [5.74, 6) is 0. The molecule has 0 spiro atoms. The van der Waals surface area contributed by atoms with Gasteiger partial charge in [0.25, 0.3) is 0 Å². The van der Waals surface area contributed by atoms with Gasteiger partial charge in [-0.05, 0) is 0 Å². The van der Waals surface area contributed by atoms with Gasteiger partial charge in [-0.1, -0.05) is 0 Å². The first-order chi connectivity index (χ1) is 17.7. The second-order valence-corrected chi connectivity index (χ2v) is 18.9. The van der Waals surface area contributed by atoms with Crippen LogP contribution in [0.15, 0.2) is 121 Å². The van der Waals surface area contributed by atoms with E-state index in [4.69, 9.17) is 0 Å². The molecule has 5 rings (SSSR count). The predicted molar refractivity (Wildman–Crippen MR) is 178 cm³/mol. The average molecular weight is 950 g/mol. The molecule has 6 heteroatoms. The second-order valence-electron chi connectivity index (χ2n) is 7.60. The van der Waals surface area contributed by atoms with Crippen molar-refractivity contribution in [3.8, 4) is 0 Å². The van der Waals surface area contributed by atoms with Crippen molar-refractivity contribution < 1.29 is 0 Å². The van der Waals surface area contributed by atoms with Crippen LogP contribution in [0, 0.1) is 7.14 Å². The zero-order valence-electron chi connectivity index (χ0n) is 18.9. The Balaban J connectivity index is 1.70. The molecule has 178 valence electrons. The number of halogens is 2. The van der Waals surface area contributed by atoms with Gasteiger partial charge in [0, 0.05) is 0 Å². The molecule has 0 saturated carbocycles. The fourth-order valence-electron chi connectivity index (χ4n) is 3.40. The van der Waals surface area contributed by atoms with Gasteiger partial charge in [0.15, 0.2) is 0 Å². The fraction of sp³-hybridized carbons (Fsp3) is 0. The van der Waals surface area contributed by atoms with Gasteiger partial charge in [-0.3, -0.25) is 0 Å². The third kappa shape index (κ3) is 6.98. The first-order valence-corrected chi connectivity index (χ1v) is 20.2. The molecule has 5 aromatic rings. The molecule has 0 aliphatic carbocycles. The summed E-state index contributed by atoms with van der Waals surface area (Å²) in [6.07, 6.45) is 0. The van der Waals surface area contributed by atoms with Gasteiger partial charge in [0.2, 0.25) is 0 Å². The molecule has 0 unspecified atom stereocenters. The fourth-order valence-corrected chi connectivity index (χ4v) is 18.6. The van der Waals surface area contributed by atoms with Crippen molar-refractivity contribution in [2.75, 3.05) is 0 Å². The van der Waals surface area contributed by atoms with Crippen molar-refractivity contribution in [3.63, 3.8) is 0 Å². The Morgan fingerprint density at radius 2 is 0.500 bits per heavy atom. The molecule has 0 N–H and O–H groups in total. The van der Waals surface area contributed by atoms with E-state index in [0.717, 1.165) is 0 Å². The molecule has 0 nitrogen and oxygen atoms in total. The summed E-state index contributed by atoms with van der Waals surface area (Å²) in [5, 5.41) is 0. The summed E-state index contributed by atoms with van der Waals surface area (Å²) in [4.78, 5) is 0. The van der Waals surface area contributed by atoms with Crippen LogP contribution in [0.3, 0.4) is 0 Å². The second kappa shape index (κ2) is 13.6.